The quantitative estimate of drug-likeness (QED) is 0.758. The SMILES string of the molecule is O=C(CCc1c[nH]c2ccccc12)NC[C@@H]1Cc2ccccc2O1. The lowest BCUT2D eigenvalue weighted by Crippen LogP contribution is -2.34. The Bertz CT molecular complexity index is 844. The molecule has 1 amide bonds. The molecule has 24 heavy (non-hydrogen) atoms. The topological polar surface area (TPSA) is 54.1 Å². The lowest BCUT2D eigenvalue weighted by molar-refractivity contribution is -0.121. The van der Waals surface area contributed by atoms with Crippen LogP contribution in [0.5, 0.6) is 5.75 Å². The number of aryl methyl sites for hydroxylation is 1. The van der Waals surface area contributed by atoms with Gasteiger partial charge in [0, 0.05) is 29.9 Å². The van der Waals surface area contributed by atoms with Crippen LogP contribution in [0.15, 0.2) is 54.7 Å². The summed E-state index contributed by atoms with van der Waals surface area (Å²) in [4.78, 5) is 15.4. The number of hydrogen-bond donors (Lipinski definition) is 2. The molecule has 1 aromatic heterocycles. The van der Waals surface area contributed by atoms with E-state index in [9.17, 15) is 4.79 Å². The average molecular weight is 320 g/mol. The fraction of sp³-hybridized carbons (Fsp3) is 0.250. The van der Waals surface area contributed by atoms with Crippen molar-refractivity contribution in [3.8, 4) is 5.75 Å². The minimum atomic E-state index is 0.0411. The lowest BCUT2D eigenvalue weighted by atomic mass is 10.1. The van der Waals surface area contributed by atoms with Gasteiger partial charge in [-0.15, -0.1) is 0 Å². The van der Waals surface area contributed by atoms with E-state index in [1.54, 1.807) is 0 Å². The van der Waals surface area contributed by atoms with Crippen LogP contribution in [-0.2, 0) is 17.6 Å². The maximum absolute atomic E-state index is 12.1. The van der Waals surface area contributed by atoms with Crippen molar-refractivity contribution >= 4 is 16.8 Å². The van der Waals surface area contributed by atoms with Gasteiger partial charge in [0.15, 0.2) is 0 Å². The summed E-state index contributed by atoms with van der Waals surface area (Å²) in [6.07, 6.45) is 4.12. The van der Waals surface area contributed by atoms with Crippen molar-refractivity contribution in [2.45, 2.75) is 25.4 Å². The van der Waals surface area contributed by atoms with Gasteiger partial charge in [0.05, 0.1) is 6.54 Å². The van der Waals surface area contributed by atoms with Crippen LogP contribution < -0.4 is 10.1 Å². The van der Waals surface area contributed by atoms with Gasteiger partial charge in [-0.3, -0.25) is 4.79 Å². The number of para-hydroxylation sites is 2. The zero-order valence-corrected chi connectivity index (χ0v) is 13.4. The molecule has 2 aromatic carbocycles. The first-order chi connectivity index (χ1) is 11.8. The van der Waals surface area contributed by atoms with E-state index in [0.717, 1.165) is 24.1 Å². The predicted octanol–water partition coefficient (Wildman–Crippen LogP) is 3.22. The molecule has 0 unspecified atom stereocenters. The van der Waals surface area contributed by atoms with E-state index in [0.29, 0.717) is 13.0 Å². The second-order valence-corrected chi connectivity index (χ2v) is 6.22. The number of benzene rings is 2. The fourth-order valence-electron chi connectivity index (χ4n) is 3.27. The van der Waals surface area contributed by atoms with Crippen molar-refractivity contribution in [1.82, 2.24) is 10.3 Å². The van der Waals surface area contributed by atoms with Crippen LogP contribution >= 0.6 is 0 Å². The van der Waals surface area contributed by atoms with Crippen LogP contribution in [0, 0.1) is 0 Å². The molecule has 4 rings (SSSR count). The molecule has 0 spiro atoms. The van der Waals surface area contributed by atoms with Crippen molar-refractivity contribution in [3.63, 3.8) is 0 Å². The van der Waals surface area contributed by atoms with E-state index in [1.165, 1.54) is 16.5 Å². The molecule has 2 N–H and O–H groups in total. The number of carbonyl (C=O) groups is 1. The number of fused-ring (bicyclic) bond motifs is 2. The van der Waals surface area contributed by atoms with Crippen molar-refractivity contribution in [2.75, 3.05) is 6.54 Å². The van der Waals surface area contributed by atoms with Gasteiger partial charge < -0.3 is 15.0 Å². The summed E-state index contributed by atoms with van der Waals surface area (Å²) in [5, 5.41) is 4.19. The summed E-state index contributed by atoms with van der Waals surface area (Å²) >= 11 is 0. The summed E-state index contributed by atoms with van der Waals surface area (Å²) in [6, 6.07) is 16.2. The molecule has 3 aromatic rings. The van der Waals surface area contributed by atoms with Crippen LogP contribution in [0.3, 0.4) is 0 Å². The highest BCUT2D eigenvalue weighted by atomic mass is 16.5. The van der Waals surface area contributed by atoms with Gasteiger partial charge >= 0.3 is 0 Å². The molecule has 0 bridgehead atoms. The van der Waals surface area contributed by atoms with Gasteiger partial charge in [-0.2, -0.15) is 0 Å². The molecule has 0 saturated heterocycles. The Morgan fingerprint density at radius 3 is 2.92 bits per heavy atom. The average Bonchev–Trinajstić information content (AvgIpc) is 3.21. The predicted molar refractivity (Wildman–Crippen MR) is 94.2 cm³/mol. The normalized spacial score (nSPS) is 15.9. The maximum atomic E-state index is 12.1. The van der Waals surface area contributed by atoms with Gasteiger partial charge in [-0.05, 0) is 29.7 Å². The summed E-state index contributed by atoms with van der Waals surface area (Å²) in [5.74, 6) is 1.01. The van der Waals surface area contributed by atoms with E-state index in [2.05, 4.69) is 22.4 Å². The highest BCUT2D eigenvalue weighted by Gasteiger charge is 2.22. The minimum Gasteiger partial charge on any atom is -0.488 e. The molecule has 1 aliphatic rings. The smallest absolute Gasteiger partial charge is 0.220 e. The third-order valence-corrected chi connectivity index (χ3v) is 4.54. The van der Waals surface area contributed by atoms with Crippen LogP contribution in [-0.4, -0.2) is 23.5 Å². The number of H-pyrrole nitrogens is 1. The number of carbonyl (C=O) groups excluding carboxylic acids is 1. The molecule has 2 heterocycles. The van der Waals surface area contributed by atoms with E-state index in [-0.39, 0.29) is 12.0 Å². The molecule has 0 radical (unpaired) electrons. The van der Waals surface area contributed by atoms with Gasteiger partial charge in [0.25, 0.3) is 0 Å². The molecule has 1 aliphatic heterocycles. The Labute approximate surface area is 140 Å². The van der Waals surface area contributed by atoms with E-state index in [4.69, 9.17) is 4.74 Å². The minimum absolute atomic E-state index is 0.0411. The Hall–Kier alpha value is -2.75. The monoisotopic (exact) mass is 320 g/mol. The van der Waals surface area contributed by atoms with Gasteiger partial charge in [0.1, 0.15) is 11.9 Å². The molecule has 0 fully saturated rings. The largest absolute Gasteiger partial charge is 0.488 e. The number of hydrogen-bond acceptors (Lipinski definition) is 2. The van der Waals surface area contributed by atoms with E-state index in [1.807, 2.05) is 42.6 Å². The van der Waals surface area contributed by atoms with Crippen molar-refractivity contribution in [2.24, 2.45) is 0 Å². The molecule has 4 heteroatoms. The van der Waals surface area contributed by atoms with E-state index < -0.39 is 0 Å². The zero-order valence-electron chi connectivity index (χ0n) is 13.4. The van der Waals surface area contributed by atoms with Gasteiger partial charge in [-0.1, -0.05) is 36.4 Å². The Morgan fingerprint density at radius 1 is 1.17 bits per heavy atom. The third-order valence-electron chi connectivity index (χ3n) is 4.54. The standard InChI is InChI=1S/C20H20N2O2/c23-20(10-9-15-12-21-18-7-3-2-6-17(15)18)22-13-16-11-14-5-1-4-8-19(14)24-16/h1-8,12,16,21H,9-11,13H2,(H,22,23)/t16-/m0/s1. The molecular weight excluding hydrogens is 300 g/mol. The van der Waals surface area contributed by atoms with Gasteiger partial charge in [-0.25, -0.2) is 0 Å². The summed E-state index contributed by atoms with van der Waals surface area (Å²) in [7, 11) is 0. The Balaban J connectivity index is 1.27. The Kier molecular flexibility index (Phi) is 3.95. The summed E-state index contributed by atoms with van der Waals surface area (Å²) in [5.41, 5.74) is 3.52. The van der Waals surface area contributed by atoms with Crippen LogP contribution in [0.4, 0.5) is 0 Å². The molecule has 0 aliphatic carbocycles. The second-order valence-electron chi connectivity index (χ2n) is 6.22. The van der Waals surface area contributed by atoms with E-state index >= 15 is 0 Å². The number of amides is 1. The summed E-state index contributed by atoms with van der Waals surface area (Å²) in [6.45, 7) is 0.557. The first kappa shape index (κ1) is 14.8. The maximum Gasteiger partial charge on any atom is 0.220 e. The fourth-order valence-corrected chi connectivity index (χ4v) is 3.27. The highest BCUT2D eigenvalue weighted by molar-refractivity contribution is 5.84. The molecule has 122 valence electrons. The first-order valence-corrected chi connectivity index (χ1v) is 8.36. The van der Waals surface area contributed by atoms with Gasteiger partial charge in [0.2, 0.25) is 5.91 Å². The van der Waals surface area contributed by atoms with Crippen LogP contribution in [0.2, 0.25) is 0 Å². The van der Waals surface area contributed by atoms with Crippen molar-refractivity contribution in [1.29, 1.82) is 0 Å². The van der Waals surface area contributed by atoms with Crippen LogP contribution in [0.25, 0.3) is 10.9 Å². The number of rotatable bonds is 5. The molecular formula is C20H20N2O2. The number of aromatic nitrogens is 1. The zero-order chi connectivity index (χ0) is 16.4. The lowest BCUT2D eigenvalue weighted by Gasteiger charge is -2.11. The first-order valence-electron chi connectivity index (χ1n) is 8.36. The third kappa shape index (κ3) is 3.00. The van der Waals surface area contributed by atoms with Crippen LogP contribution in [0.1, 0.15) is 17.5 Å². The number of aromatic amines is 1. The molecule has 4 nitrogen and oxygen atoms in total. The highest BCUT2D eigenvalue weighted by Crippen LogP contribution is 2.27. The molecule has 0 saturated carbocycles. The van der Waals surface area contributed by atoms with Crippen molar-refractivity contribution < 1.29 is 9.53 Å². The summed E-state index contributed by atoms with van der Waals surface area (Å²) < 4.78 is 5.85. The Morgan fingerprint density at radius 2 is 2.00 bits per heavy atom. The number of ether oxygens (including phenoxy) is 1. The van der Waals surface area contributed by atoms with Crippen molar-refractivity contribution in [3.05, 3.63) is 65.9 Å². The molecule has 1 atom stereocenters. The second kappa shape index (κ2) is 6.40. The number of nitrogens with one attached hydrogen (secondary N) is 2.